The van der Waals surface area contributed by atoms with Gasteiger partial charge in [0.1, 0.15) is 11.3 Å². The van der Waals surface area contributed by atoms with E-state index in [0.29, 0.717) is 40.6 Å². The molecular formula is C18H15ClFN7S. The highest BCUT2D eigenvalue weighted by atomic mass is 35.5. The summed E-state index contributed by atoms with van der Waals surface area (Å²) >= 11 is 7.78. The molecule has 1 aliphatic rings. The molecule has 0 bridgehead atoms. The molecule has 10 heteroatoms. The Bertz CT molecular complexity index is 1250. The SMILES string of the molecule is Nc1nc2c(-c3c(Cl)cc4c(N)nc(N5CC(N)C5)nc4c3F)cccc2s1. The third-order valence-electron chi connectivity index (χ3n) is 4.80. The Kier molecular flexibility index (Phi) is 3.80. The maximum Gasteiger partial charge on any atom is 0.228 e. The molecule has 0 atom stereocenters. The second-order valence-corrected chi connectivity index (χ2v) is 8.19. The van der Waals surface area contributed by atoms with E-state index in [1.807, 2.05) is 17.0 Å². The van der Waals surface area contributed by atoms with Crippen molar-refractivity contribution >= 4 is 61.0 Å². The van der Waals surface area contributed by atoms with Gasteiger partial charge in [-0.1, -0.05) is 35.1 Å². The number of nitrogens with two attached hydrogens (primary N) is 3. The number of benzene rings is 2. The molecule has 0 saturated carbocycles. The quantitative estimate of drug-likeness (QED) is 0.460. The van der Waals surface area contributed by atoms with Gasteiger partial charge in [0, 0.05) is 35.6 Å². The highest BCUT2D eigenvalue weighted by molar-refractivity contribution is 7.22. The lowest BCUT2D eigenvalue weighted by Gasteiger charge is -2.36. The number of nitrogen functional groups attached to an aromatic ring is 2. The highest BCUT2D eigenvalue weighted by Gasteiger charge is 2.27. The van der Waals surface area contributed by atoms with Gasteiger partial charge in [0.15, 0.2) is 10.9 Å². The maximum absolute atomic E-state index is 15.6. The molecule has 6 N–H and O–H groups in total. The molecule has 4 aromatic rings. The first-order chi connectivity index (χ1) is 13.4. The highest BCUT2D eigenvalue weighted by Crippen LogP contribution is 2.41. The van der Waals surface area contributed by atoms with Gasteiger partial charge in [0.2, 0.25) is 5.95 Å². The fourth-order valence-corrected chi connectivity index (χ4v) is 4.49. The van der Waals surface area contributed by atoms with E-state index in [1.165, 1.54) is 11.3 Å². The van der Waals surface area contributed by atoms with E-state index in [1.54, 1.807) is 12.1 Å². The van der Waals surface area contributed by atoms with Crippen molar-refractivity contribution in [1.29, 1.82) is 0 Å². The first-order valence-electron chi connectivity index (χ1n) is 8.53. The normalized spacial score (nSPS) is 14.8. The minimum absolute atomic E-state index is 0.0545. The molecule has 2 aromatic carbocycles. The Labute approximate surface area is 167 Å². The molecule has 2 aromatic heterocycles. The molecule has 1 saturated heterocycles. The van der Waals surface area contributed by atoms with Crippen LogP contribution in [-0.2, 0) is 0 Å². The number of para-hydroxylation sites is 1. The second kappa shape index (κ2) is 6.13. The number of halogens is 2. The van der Waals surface area contributed by atoms with Gasteiger partial charge >= 0.3 is 0 Å². The monoisotopic (exact) mass is 415 g/mol. The third kappa shape index (κ3) is 2.55. The Morgan fingerprint density at radius 3 is 2.68 bits per heavy atom. The number of nitrogens with zero attached hydrogens (tertiary/aromatic N) is 4. The lowest BCUT2D eigenvalue weighted by Crippen LogP contribution is -2.56. The van der Waals surface area contributed by atoms with Crippen LogP contribution in [0, 0.1) is 5.82 Å². The molecule has 0 spiro atoms. The molecule has 0 amide bonds. The zero-order valence-corrected chi connectivity index (χ0v) is 16.1. The molecular weight excluding hydrogens is 401 g/mol. The fourth-order valence-electron chi connectivity index (χ4n) is 3.44. The van der Waals surface area contributed by atoms with E-state index >= 15 is 4.39 Å². The molecule has 7 nitrogen and oxygen atoms in total. The summed E-state index contributed by atoms with van der Waals surface area (Å²) < 4.78 is 16.5. The van der Waals surface area contributed by atoms with E-state index in [9.17, 15) is 0 Å². The van der Waals surface area contributed by atoms with Crippen LogP contribution < -0.4 is 22.1 Å². The van der Waals surface area contributed by atoms with Crippen LogP contribution in [0.1, 0.15) is 0 Å². The first kappa shape index (κ1) is 17.4. The van der Waals surface area contributed by atoms with Crippen LogP contribution in [0.15, 0.2) is 24.3 Å². The summed E-state index contributed by atoms with van der Waals surface area (Å²) in [6.07, 6.45) is 0. The molecule has 0 radical (unpaired) electrons. The number of rotatable bonds is 2. The molecule has 28 heavy (non-hydrogen) atoms. The van der Waals surface area contributed by atoms with Crippen LogP contribution in [0.2, 0.25) is 5.02 Å². The number of hydrogen-bond donors (Lipinski definition) is 3. The maximum atomic E-state index is 15.6. The summed E-state index contributed by atoms with van der Waals surface area (Å²) in [4.78, 5) is 14.9. The molecule has 1 fully saturated rings. The minimum Gasteiger partial charge on any atom is -0.383 e. The van der Waals surface area contributed by atoms with Crippen molar-refractivity contribution in [2.75, 3.05) is 29.5 Å². The van der Waals surface area contributed by atoms with Crippen molar-refractivity contribution in [3.8, 4) is 11.1 Å². The van der Waals surface area contributed by atoms with Crippen molar-refractivity contribution < 1.29 is 4.39 Å². The van der Waals surface area contributed by atoms with Gasteiger partial charge in [-0.25, -0.2) is 14.4 Å². The van der Waals surface area contributed by atoms with Crippen LogP contribution in [0.4, 0.5) is 21.3 Å². The summed E-state index contributed by atoms with van der Waals surface area (Å²) in [7, 11) is 0. The van der Waals surface area contributed by atoms with Crippen molar-refractivity contribution in [2.24, 2.45) is 5.73 Å². The van der Waals surface area contributed by atoms with Crippen molar-refractivity contribution in [2.45, 2.75) is 6.04 Å². The van der Waals surface area contributed by atoms with Gasteiger partial charge in [-0.05, 0) is 12.1 Å². The first-order valence-corrected chi connectivity index (χ1v) is 9.73. The van der Waals surface area contributed by atoms with Crippen LogP contribution in [-0.4, -0.2) is 34.1 Å². The Hall–Kier alpha value is -2.75. The smallest absolute Gasteiger partial charge is 0.228 e. The number of anilines is 3. The van der Waals surface area contributed by atoms with Crippen LogP contribution >= 0.6 is 22.9 Å². The lowest BCUT2D eigenvalue weighted by molar-refractivity contribution is 0.509. The topological polar surface area (TPSA) is 120 Å². The second-order valence-electron chi connectivity index (χ2n) is 6.72. The Balaban J connectivity index is 1.77. The molecule has 142 valence electrons. The lowest BCUT2D eigenvalue weighted by atomic mass is 10.0. The largest absolute Gasteiger partial charge is 0.383 e. The van der Waals surface area contributed by atoms with E-state index < -0.39 is 5.82 Å². The standard InChI is InChI=1S/C18H15ClFN7S/c19-10-4-9-15(25-18(26-16(9)22)27-5-7(21)6-27)13(20)12(10)8-2-1-3-11-14(8)24-17(23)28-11/h1-4,7H,5-6,21H2,(H2,23,24)(H2,22,25,26). The van der Waals surface area contributed by atoms with Crippen molar-refractivity contribution in [3.05, 3.63) is 35.1 Å². The Morgan fingerprint density at radius 1 is 1.14 bits per heavy atom. The van der Waals surface area contributed by atoms with Crippen molar-refractivity contribution in [3.63, 3.8) is 0 Å². The summed E-state index contributed by atoms with van der Waals surface area (Å²) in [5, 5.41) is 0.977. The predicted molar refractivity (Wildman–Crippen MR) is 112 cm³/mol. The summed E-state index contributed by atoms with van der Waals surface area (Å²) in [6.45, 7) is 1.20. The predicted octanol–water partition coefficient (Wildman–Crippen LogP) is 3.01. The number of aromatic nitrogens is 3. The number of fused-ring (bicyclic) bond motifs is 2. The minimum atomic E-state index is -0.568. The van der Waals surface area contributed by atoms with E-state index in [2.05, 4.69) is 15.0 Å². The average Bonchev–Trinajstić information content (AvgIpc) is 3.01. The van der Waals surface area contributed by atoms with Crippen molar-refractivity contribution in [1.82, 2.24) is 15.0 Å². The van der Waals surface area contributed by atoms with Gasteiger partial charge < -0.3 is 22.1 Å². The zero-order valence-electron chi connectivity index (χ0n) is 14.5. The van der Waals surface area contributed by atoms with E-state index in [-0.39, 0.29) is 28.0 Å². The van der Waals surface area contributed by atoms with Crippen LogP contribution in [0.25, 0.3) is 32.2 Å². The van der Waals surface area contributed by atoms with Gasteiger partial charge in [-0.3, -0.25) is 0 Å². The summed E-state index contributed by atoms with van der Waals surface area (Å²) in [6, 6.07) is 7.10. The third-order valence-corrected chi connectivity index (χ3v) is 5.95. The van der Waals surface area contributed by atoms with Gasteiger partial charge in [-0.15, -0.1) is 0 Å². The van der Waals surface area contributed by atoms with Crippen LogP contribution in [0.5, 0.6) is 0 Å². The number of hydrogen-bond acceptors (Lipinski definition) is 8. The van der Waals surface area contributed by atoms with Gasteiger partial charge in [0.05, 0.1) is 15.2 Å². The van der Waals surface area contributed by atoms with Gasteiger partial charge in [0.25, 0.3) is 0 Å². The van der Waals surface area contributed by atoms with E-state index in [4.69, 9.17) is 28.8 Å². The van der Waals surface area contributed by atoms with Gasteiger partial charge in [-0.2, -0.15) is 4.98 Å². The molecule has 1 aliphatic heterocycles. The molecule has 5 rings (SSSR count). The molecule has 0 aliphatic carbocycles. The van der Waals surface area contributed by atoms with E-state index in [0.717, 1.165) is 4.70 Å². The number of thiazole rings is 1. The summed E-state index contributed by atoms with van der Waals surface area (Å²) in [5.74, 6) is -0.0411. The summed E-state index contributed by atoms with van der Waals surface area (Å²) in [5.41, 5.74) is 19.2. The van der Waals surface area contributed by atoms with Crippen LogP contribution in [0.3, 0.4) is 0 Å². The fraction of sp³-hybridized carbons (Fsp3) is 0.167. The zero-order chi connectivity index (χ0) is 19.6. The molecule has 0 unspecified atom stereocenters. The Morgan fingerprint density at radius 2 is 1.93 bits per heavy atom. The molecule has 3 heterocycles. The average molecular weight is 416 g/mol.